The largest absolute Gasteiger partial charge is 0.493 e. The number of carbonyl (C=O) groups is 2. The van der Waals surface area contributed by atoms with Gasteiger partial charge in [-0.1, -0.05) is 44.7 Å². The first-order valence-electron chi connectivity index (χ1n) is 17.5. The van der Waals surface area contributed by atoms with Crippen molar-refractivity contribution in [2.24, 2.45) is 5.41 Å². The van der Waals surface area contributed by atoms with Crippen LogP contribution in [0.3, 0.4) is 0 Å². The zero-order chi connectivity index (χ0) is 34.1. The van der Waals surface area contributed by atoms with Crippen molar-refractivity contribution < 1.29 is 38.1 Å². The molecular formula is C39H51N2O7+. The molecule has 3 heterocycles. The van der Waals surface area contributed by atoms with Crippen LogP contribution in [-0.2, 0) is 26.1 Å². The monoisotopic (exact) mass is 659 g/mol. The van der Waals surface area contributed by atoms with Crippen LogP contribution in [0.4, 0.5) is 0 Å². The molecule has 2 aromatic rings. The van der Waals surface area contributed by atoms with E-state index in [4.69, 9.17) is 18.9 Å². The average molecular weight is 660 g/mol. The van der Waals surface area contributed by atoms with E-state index in [1.807, 2.05) is 37.4 Å². The van der Waals surface area contributed by atoms with Gasteiger partial charge in [0, 0.05) is 55.8 Å². The summed E-state index contributed by atoms with van der Waals surface area (Å²) in [6.45, 7) is 11.4. The first-order chi connectivity index (χ1) is 22.8. The number of hydrogen-bond donors (Lipinski definition) is 1. The van der Waals surface area contributed by atoms with Gasteiger partial charge >= 0.3 is 0 Å². The summed E-state index contributed by atoms with van der Waals surface area (Å²) in [5.74, 6) is 0.551. The highest BCUT2D eigenvalue weighted by atomic mass is 16.7. The van der Waals surface area contributed by atoms with Gasteiger partial charge in [-0.05, 0) is 42.2 Å². The van der Waals surface area contributed by atoms with E-state index in [2.05, 4.69) is 33.5 Å². The highest BCUT2D eigenvalue weighted by Crippen LogP contribution is 2.65. The number of ether oxygens (including phenoxy) is 4. The molecular weight excluding hydrogens is 608 g/mol. The van der Waals surface area contributed by atoms with Gasteiger partial charge in [-0.3, -0.25) is 9.59 Å². The van der Waals surface area contributed by atoms with E-state index < -0.39 is 22.9 Å². The first-order valence-corrected chi connectivity index (χ1v) is 17.5. The molecule has 258 valence electrons. The number of ketones is 1. The van der Waals surface area contributed by atoms with Crippen molar-refractivity contribution in [2.75, 3.05) is 54.1 Å². The lowest BCUT2D eigenvalue weighted by Gasteiger charge is -2.64. The molecule has 7 rings (SSSR count). The smallest absolute Gasteiger partial charge is 0.253 e. The zero-order valence-corrected chi connectivity index (χ0v) is 29.2. The number of likely N-dealkylation sites (tertiary alicyclic amines) is 1. The average Bonchev–Trinajstić information content (AvgIpc) is 3.45. The van der Waals surface area contributed by atoms with E-state index in [0.717, 1.165) is 36.2 Å². The molecule has 0 radical (unpaired) electrons. The van der Waals surface area contributed by atoms with Crippen LogP contribution in [0.2, 0.25) is 0 Å². The summed E-state index contributed by atoms with van der Waals surface area (Å²) in [7, 11) is 5.73. The lowest BCUT2D eigenvalue weighted by molar-refractivity contribution is -0.950. The van der Waals surface area contributed by atoms with E-state index >= 15 is 0 Å². The SMILES string of the molecule is C=Cc1ccc(C(=O)N(C)CCCC2(CC[N+]3(C)CC[C@]45c6c7ccc(OC)c6O[C@H]4C(=O)CC[C@@]5(O)[C@H]3C7)OCC(C)(C)CO2)cc1. The van der Waals surface area contributed by atoms with E-state index in [0.29, 0.717) is 79.8 Å². The molecule has 2 bridgehead atoms. The standard InChI is InChI=1S/C39H51N2O7/c1-7-26-9-11-27(12-10-26)35(43)40(4)20-8-16-37(46-24-36(2,3)25-47-37)18-21-41(5)22-19-38-32-28-13-14-30(45-6)33(32)48-34(38)29(42)15-17-39(38,44)31(41)23-28/h7,9-14,31,34,44H,1,8,15-25H2,2-6H3/q+1/t31-,34+,38+,39-,41?/m1/s1. The summed E-state index contributed by atoms with van der Waals surface area (Å²) in [6.07, 6.45) is 5.23. The van der Waals surface area contributed by atoms with Gasteiger partial charge in [0.05, 0.1) is 52.3 Å². The maximum Gasteiger partial charge on any atom is 0.253 e. The van der Waals surface area contributed by atoms with Gasteiger partial charge in [0.25, 0.3) is 5.91 Å². The van der Waals surface area contributed by atoms with E-state index in [-0.39, 0.29) is 23.1 Å². The third-order valence-corrected chi connectivity index (χ3v) is 12.4. The number of aliphatic hydroxyl groups is 1. The zero-order valence-electron chi connectivity index (χ0n) is 29.2. The van der Waals surface area contributed by atoms with Gasteiger partial charge in [-0.15, -0.1) is 0 Å². The Bertz CT molecular complexity index is 1610. The van der Waals surface area contributed by atoms with Crippen molar-refractivity contribution in [2.45, 2.75) is 87.7 Å². The lowest BCUT2D eigenvalue weighted by atomic mass is 9.48. The van der Waals surface area contributed by atoms with Crippen LogP contribution in [0.25, 0.3) is 6.08 Å². The second-order valence-electron chi connectivity index (χ2n) is 15.9. The summed E-state index contributed by atoms with van der Waals surface area (Å²) in [5, 5.41) is 12.9. The predicted octanol–water partition coefficient (Wildman–Crippen LogP) is 4.92. The molecule has 1 saturated carbocycles. The fraction of sp³-hybridized carbons (Fsp3) is 0.590. The lowest BCUT2D eigenvalue weighted by Crippen LogP contribution is -2.81. The number of quaternary nitrogens is 1. The Kier molecular flexibility index (Phi) is 8.10. The number of rotatable bonds is 10. The quantitative estimate of drug-likeness (QED) is 0.362. The number of amides is 1. The highest BCUT2D eigenvalue weighted by molar-refractivity contribution is 5.94. The summed E-state index contributed by atoms with van der Waals surface area (Å²) < 4.78 is 26.1. The molecule has 9 heteroatoms. The molecule has 5 atom stereocenters. The number of piperidine rings is 1. The molecule has 5 aliphatic rings. The molecule has 0 aromatic heterocycles. The molecule has 9 nitrogen and oxygen atoms in total. The van der Waals surface area contributed by atoms with Crippen molar-refractivity contribution >= 4 is 17.8 Å². The first kappa shape index (κ1) is 33.3. The van der Waals surface area contributed by atoms with Crippen LogP contribution in [0.15, 0.2) is 43.0 Å². The van der Waals surface area contributed by atoms with Gasteiger partial charge < -0.3 is 33.4 Å². The molecule has 3 fully saturated rings. The van der Waals surface area contributed by atoms with Crippen LogP contribution in [-0.4, -0.2) is 104 Å². The van der Waals surface area contributed by atoms with Gasteiger partial charge in [-0.25, -0.2) is 0 Å². The topological polar surface area (TPSA) is 94.5 Å². The molecule has 1 N–H and O–H groups in total. The second-order valence-corrected chi connectivity index (χ2v) is 15.9. The third kappa shape index (κ3) is 5.03. The van der Waals surface area contributed by atoms with E-state index in [1.165, 1.54) is 0 Å². The maximum atomic E-state index is 13.4. The van der Waals surface area contributed by atoms with Gasteiger partial charge in [0.15, 0.2) is 29.2 Å². The summed E-state index contributed by atoms with van der Waals surface area (Å²) in [5.41, 5.74) is 1.85. The number of benzene rings is 2. The van der Waals surface area contributed by atoms with Gasteiger partial charge in [-0.2, -0.15) is 0 Å². The van der Waals surface area contributed by atoms with Crippen molar-refractivity contribution in [1.82, 2.24) is 4.90 Å². The molecule has 1 amide bonds. The molecule has 2 saturated heterocycles. The second kappa shape index (κ2) is 11.7. The molecule has 1 unspecified atom stereocenters. The Morgan fingerprint density at radius 3 is 2.54 bits per heavy atom. The van der Waals surface area contributed by atoms with Crippen LogP contribution >= 0.6 is 0 Å². The number of methoxy groups -OCH3 is 1. The van der Waals surface area contributed by atoms with Gasteiger partial charge in [0.1, 0.15) is 11.6 Å². The van der Waals surface area contributed by atoms with Crippen molar-refractivity contribution in [3.63, 3.8) is 0 Å². The third-order valence-electron chi connectivity index (χ3n) is 12.4. The highest BCUT2D eigenvalue weighted by Gasteiger charge is 2.76. The molecule has 2 aliphatic carbocycles. The Labute approximate surface area is 284 Å². The number of Topliss-reactive ketones (excluding diaryl/α,β-unsaturated/α-hetero) is 1. The Hall–Kier alpha value is -3.24. The van der Waals surface area contributed by atoms with Crippen LogP contribution in [0, 0.1) is 5.41 Å². The van der Waals surface area contributed by atoms with E-state index in [9.17, 15) is 14.7 Å². The molecule has 1 spiro atoms. The fourth-order valence-corrected chi connectivity index (χ4v) is 9.49. The van der Waals surface area contributed by atoms with E-state index in [1.54, 1.807) is 18.1 Å². The fourth-order valence-electron chi connectivity index (χ4n) is 9.49. The summed E-state index contributed by atoms with van der Waals surface area (Å²) in [6, 6.07) is 11.4. The number of carbonyl (C=O) groups excluding carboxylic acids is 2. The van der Waals surface area contributed by atoms with Crippen LogP contribution in [0.5, 0.6) is 11.5 Å². The number of hydrogen-bond acceptors (Lipinski definition) is 7. The molecule has 2 aromatic carbocycles. The number of nitrogens with zero attached hydrogens (tertiary/aromatic N) is 2. The van der Waals surface area contributed by atoms with Crippen molar-refractivity contribution in [3.8, 4) is 11.5 Å². The normalized spacial score (nSPS) is 32.2. The van der Waals surface area contributed by atoms with Gasteiger partial charge in [0.2, 0.25) is 0 Å². The van der Waals surface area contributed by atoms with Crippen LogP contribution in [0.1, 0.15) is 79.4 Å². The predicted molar refractivity (Wildman–Crippen MR) is 182 cm³/mol. The summed E-state index contributed by atoms with van der Waals surface area (Å²) >= 11 is 0. The minimum absolute atomic E-state index is 0.0154. The Balaban J connectivity index is 1.11. The minimum Gasteiger partial charge on any atom is -0.493 e. The van der Waals surface area contributed by atoms with Crippen molar-refractivity contribution in [1.29, 1.82) is 0 Å². The Morgan fingerprint density at radius 2 is 1.85 bits per heavy atom. The minimum atomic E-state index is -1.08. The number of likely N-dealkylation sites (N-methyl/N-ethyl adjacent to an activating group) is 1. The Morgan fingerprint density at radius 1 is 1.12 bits per heavy atom. The molecule has 3 aliphatic heterocycles. The van der Waals surface area contributed by atoms with Crippen molar-refractivity contribution in [3.05, 3.63) is 65.2 Å². The summed E-state index contributed by atoms with van der Waals surface area (Å²) in [4.78, 5) is 28.3. The maximum absolute atomic E-state index is 13.4. The van der Waals surface area contributed by atoms with Crippen LogP contribution < -0.4 is 9.47 Å². The molecule has 48 heavy (non-hydrogen) atoms.